The van der Waals surface area contributed by atoms with Crippen LogP contribution in [0.15, 0.2) is 41.0 Å². The largest absolute Gasteiger partial charge is 0.364 e. The van der Waals surface area contributed by atoms with Gasteiger partial charge in [-0.05, 0) is 66.5 Å². The van der Waals surface area contributed by atoms with E-state index in [4.69, 9.17) is 5.73 Å². The van der Waals surface area contributed by atoms with E-state index in [2.05, 4.69) is 36.6 Å². The number of piperidine rings is 1. The van der Waals surface area contributed by atoms with Crippen molar-refractivity contribution in [3.63, 3.8) is 0 Å². The number of hydrogen-bond donors (Lipinski definition) is 3. The molecule has 0 saturated carbocycles. The first-order chi connectivity index (χ1) is 19.3. The third kappa shape index (κ3) is 7.34. The van der Waals surface area contributed by atoms with Crippen molar-refractivity contribution in [2.75, 3.05) is 30.3 Å². The van der Waals surface area contributed by atoms with Crippen molar-refractivity contribution in [2.24, 2.45) is 5.73 Å². The summed E-state index contributed by atoms with van der Waals surface area (Å²) in [7, 11) is 0. The maximum Gasteiger partial charge on any atom is 0.322 e. The van der Waals surface area contributed by atoms with Crippen LogP contribution in [0, 0.1) is 0 Å². The van der Waals surface area contributed by atoms with E-state index in [1.54, 1.807) is 32.0 Å². The average Bonchev–Trinajstić information content (AvgIpc) is 3.24. The fraction of sp³-hybridized carbons (Fsp3) is 0.385. The number of nitrogens with zero attached hydrogens (tertiary/aromatic N) is 5. The van der Waals surface area contributed by atoms with Gasteiger partial charge in [-0.2, -0.15) is 5.10 Å². The highest BCUT2D eigenvalue weighted by molar-refractivity contribution is 9.10. The fourth-order valence-electron chi connectivity index (χ4n) is 4.49. The lowest BCUT2D eigenvalue weighted by atomic mass is 10.1. The zero-order chi connectivity index (χ0) is 29.9. The molecule has 12 nitrogen and oxygen atoms in total. The number of likely N-dealkylation sites (tertiary alicyclic amines) is 1. The number of aromatic nitrogens is 3. The molecule has 4 rings (SSSR count). The topological polar surface area (TPSA) is 156 Å². The lowest BCUT2D eigenvalue weighted by molar-refractivity contribution is -0.137. The number of pyridine rings is 1. The smallest absolute Gasteiger partial charge is 0.322 e. The zero-order valence-electron chi connectivity index (χ0n) is 22.4. The van der Waals surface area contributed by atoms with Crippen LogP contribution in [0.1, 0.15) is 37.2 Å². The van der Waals surface area contributed by atoms with Crippen molar-refractivity contribution >= 4 is 62.1 Å². The van der Waals surface area contributed by atoms with Crippen LogP contribution in [0.3, 0.4) is 0 Å². The summed E-state index contributed by atoms with van der Waals surface area (Å²) in [5.74, 6) is -4.38. The van der Waals surface area contributed by atoms with Gasteiger partial charge in [0, 0.05) is 30.1 Å². The predicted molar refractivity (Wildman–Crippen MR) is 150 cm³/mol. The summed E-state index contributed by atoms with van der Waals surface area (Å²) < 4.78 is 29.3. The Bertz CT molecular complexity index is 1500. The molecule has 1 saturated heterocycles. The molecule has 41 heavy (non-hydrogen) atoms. The van der Waals surface area contributed by atoms with Crippen molar-refractivity contribution in [2.45, 2.75) is 45.2 Å². The number of hydrogen-bond acceptors (Lipinski definition) is 6. The molecular formula is C26H29BrF2N8O4. The van der Waals surface area contributed by atoms with Crippen LogP contribution in [-0.2, 0) is 16.1 Å². The summed E-state index contributed by atoms with van der Waals surface area (Å²) in [4.78, 5) is 57.2. The minimum atomic E-state index is -2.95. The molecule has 4 N–H and O–H groups in total. The zero-order valence-corrected chi connectivity index (χ0v) is 24.0. The monoisotopic (exact) mass is 634 g/mol. The number of alkyl halides is 2. The normalized spacial score (nSPS) is 14.6. The third-order valence-electron chi connectivity index (χ3n) is 6.44. The highest BCUT2D eigenvalue weighted by Crippen LogP contribution is 2.28. The summed E-state index contributed by atoms with van der Waals surface area (Å²) in [5.41, 5.74) is 6.01. The van der Waals surface area contributed by atoms with Crippen LogP contribution in [0.25, 0.3) is 10.9 Å². The molecule has 0 spiro atoms. The Hall–Kier alpha value is -4.14. The van der Waals surface area contributed by atoms with Gasteiger partial charge in [-0.25, -0.2) is 18.6 Å². The molecule has 0 unspecified atom stereocenters. The lowest BCUT2D eigenvalue weighted by Crippen LogP contribution is -2.47. The van der Waals surface area contributed by atoms with Crippen LogP contribution < -0.4 is 16.4 Å². The molecule has 2 aromatic heterocycles. The SMILES string of the molecule is CC(C)N(CC(=O)Nc1cccc(Br)n1)C(=O)Cn1nc(C(N)=O)c2cc(NC(=O)N3CCCC(F)(F)C3)ccc21. The number of rotatable bonds is 8. The van der Waals surface area contributed by atoms with Crippen LogP contribution in [0.5, 0.6) is 0 Å². The molecule has 0 aliphatic carbocycles. The first kappa shape index (κ1) is 29.8. The average molecular weight is 635 g/mol. The molecule has 0 radical (unpaired) electrons. The Kier molecular flexibility index (Phi) is 8.85. The third-order valence-corrected chi connectivity index (χ3v) is 6.88. The van der Waals surface area contributed by atoms with E-state index in [1.165, 1.54) is 27.8 Å². The van der Waals surface area contributed by atoms with E-state index in [1.807, 2.05) is 0 Å². The summed E-state index contributed by atoms with van der Waals surface area (Å²) in [6, 6.07) is 8.48. The molecule has 0 bridgehead atoms. The van der Waals surface area contributed by atoms with Crippen LogP contribution in [-0.4, -0.2) is 79.9 Å². The van der Waals surface area contributed by atoms with Crippen LogP contribution in [0.2, 0.25) is 0 Å². The molecule has 3 heterocycles. The Labute approximate surface area is 242 Å². The number of anilines is 2. The molecule has 0 atom stereocenters. The van der Waals surface area contributed by atoms with E-state index >= 15 is 0 Å². The summed E-state index contributed by atoms with van der Waals surface area (Å²) in [6.45, 7) is 2.46. The molecule has 218 valence electrons. The van der Waals surface area contributed by atoms with Crippen molar-refractivity contribution in [3.8, 4) is 0 Å². The van der Waals surface area contributed by atoms with Gasteiger partial charge >= 0.3 is 6.03 Å². The van der Waals surface area contributed by atoms with Crippen molar-refractivity contribution in [1.82, 2.24) is 24.6 Å². The standard InChI is InChI=1S/C26H29BrF2N8O4/c1-15(2)36(12-21(38)33-20-6-3-5-19(27)32-20)22(39)13-37-18-8-7-16(11-17(18)23(34-37)24(30)40)31-25(41)35-10-4-9-26(28,29)14-35/h3,5-8,11,15H,4,9-10,12-14H2,1-2H3,(H2,30,40)(H,31,41)(H,32,33,38). The van der Waals surface area contributed by atoms with Crippen molar-refractivity contribution in [3.05, 3.63) is 46.7 Å². The maximum absolute atomic E-state index is 13.8. The number of nitrogens with two attached hydrogens (primary N) is 1. The molecular weight excluding hydrogens is 606 g/mol. The number of halogens is 3. The predicted octanol–water partition coefficient (Wildman–Crippen LogP) is 3.43. The van der Waals surface area contributed by atoms with E-state index in [9.17, 15) is 28.0 Å². The minimum absolute atomic E-state index is 0.136. The Morgan fingerprint density at radius 3 is 2.59 bits per heavy atom. The van der Waals surface area contributed by atoms with E-state index in [0.29, 0.717) is 15.9 Å². The van der Waals surface area contributed by atoms with Crippen molar-refractivity contribution < 1.29 is 28.0 Å². The fourth-order valence-corrected chi connectivity index (χ4v) is 4.84. The van der Waals surface area contributed by atoms with Crippen LogP contribution in [0.4, 0.5) is 25.1 Å². The van der Waals surface area contributed by atoms with Gasteiger partial charge in [0.2, 0.25) is 11.8 Å². The number of urea groups is 1. The van der Waals surface area contributed by atoms with E-state index < -0.39 is 36.2 Å². The van der Waals surface area contributed by atoms with Gasteiger partial charge in [-0.3, -0.25) is 19.1 Å². The number of nitrogens with one attached hydrogen (secondary N) is 2. The van der Waals surface area contributed by atoms with Gasteiger partial charge in [0.1, 0.15) is 23.5 Å². The highest BCUT2D eigenvalue weighted by atomic mass is 79.9. The van der Waals surface area contributed by atoms with Gasteiger partial charge in [0.15, 0.2) is 5.69 Å². The molecule has 1 aromatic carbocycles. The summed E-state index contributed by atoms with van der Waals surface area (Å²) in [5, 5.41) is 9.70. The molecule has 15 heteroatoms. The van der Waals surface area contributed by atoms with Gasteiger partial charge in [-0.15, -0.1) is 0 Å². The van der Waals surface area contributed by atoms with Gasteiger partial charge in [0.25, 0.3) is 11.8 Å². The summed E-state index contributed by atoms with van der Waals surface area (Å²) >= 11 is 3.24. The lowest BCUT2D eigenvalue weighted by Gasteiger charge is -2.32. The van der Waals surface area contributed by atoms with Gasteiger partial charge in [0.05, 0.1) is 12.1 Å². The van der Waals surface area contributed by atoms with E-state index in [-0.39, 0.29) is 55.3 Å². The Morgan fingerprint density at radius 1 is 1.17 bits per heavy atom. The van der Waals surface area contributed by atoms with Gasteiger partial charge < -0.3 is 26.2 Å². The van der Waals surface area contributed by atoms with Crippen molar-refractivity contribution in [1.29, 1.82) is 0 Å². The maximum atomic E-state index is 13.8. The number of amides is 5. The van der Waals surface area contributed by atoms with Crippen LogP contribution >= 0.6 is 15.9 Å². The number of benzene rings is 1. The second-order valence-electron chi connectivity index (χ2n) is 9.92. The molecule has 3 aromatic rings. The number of carbonyl (C=O) groups is 4. The summed E-state index contributed by atoms with van der Waals surface area (Å²) in [6.07, 6.45) is -0.0915. The first-order valence-electron chi connectivity index (χ1n) is 12.8. The molecule has 5 amide bonds. The molecule has 1 fully saturated rings. The molecule has 1 aliphatic heterocycles. The quantitative estimate of drug-likeness (QED) is 0.322. The highest BCUT2D eigenvalue weighted by Gasteiger charge is 2.37. The van der Waals surface area contributed by atoms with Gasteiger partial charge in [-0.1, -0.05) is 6.07 Å². The Balaban J connectivity index is 1.51. The minimum Gasteiger partial charge on any atom is -0.364 e. The van der Waals surface area contributed by atoms with E-state index in [0.717, 1.165) is 4.90 Å². The molecule has 1 aliphatic rings. The number of carbonyl (C=O) groups excluding carboxylic acids is 4. The second kappa shape index (κ2) is 12.2. The number of fused-ring (bicyclic) bond motifs is 1. The number of primary amides is 1. The first-order valence-corrected chi connectivity index (χ1v) is 13.6. The Morgan fingerprint density at radius 2 is 1.93 bits per heavy atom. The second-order valence-corrected chi connectivity index (χ2v) is 10.7.